The van der Waals surface area contributed by atoms with Crippen molar-refractivity contribution < 1.29 is 4.74 Å². The standard InChI is InChI=1S/C10H17N3OS/c1-13(2)10-12-7-9(15-10)14-8-4-3-5-11-6-8/h7-8,11H,3-6H2,1-2H3. The lowest BCUT2D eigenvalue weighted by atomic mass is 10.1. The second-order valence-electron chi connectivity index (χ2n) is 3.94. The third kappa shape index (κ3) is 2.82. The molecule has 0 aliphatic carbocycles. The van der Waals surface area contributed by atoms with Gasteiger partial charge < -0.3 is 15.0 Å². The van der Waals surface area contributed by atoms with E-state index in [2.05, 4.69) is 10.3 Å². The molecule has 0 aromatic carbocycles. The average Bonchev–Trinajstić information content (AvgIpc) is 2.68. The maximum absolute atomic E-state index is 5.85. The number of nitrogens with one attached hydrogen (secondary N) is 1. The Kier molecular flexibility index (Phi) is 3.43. The van der Waals surface area contributed by atoms with Gasteiger partial charge in [0.05, 0.1) is 6.20 Å². The van der Waals surface area contributed by atoms with Gasteiger partial charge in [-0.05, 0) is 19.4 Å². The minimum atomic E-state index is 0.314. The Morgan fingerprint density at radius 2 is 2.47 bits per heavy atom. The fourth-order valence-corrected chi connectivity index (χ4v) is 2.35. The van der Waals surface area contributed by atoms with Crippen LogP contribution in [-0.2, 0) is 0 Å². The van der Waals surface area contributed by atoms with E-state index in [-0.39, 0.29) is 0 Å². The zero-order valence-corrected chi connectivity index (χ0v) is 10.0. The summed E-state index contributed by atoms with van der Waals surface area (Å²) in [5, 5.41) is 5.25. The zero-order chi connectivity index (χ0) is 10.7. The number of ether oxygens (including phenoxy) is 1. The highest BCUT2D eigenvalue weighted by Crippen LogP contribution is 2.28. The van der Waals surface area contributed by atoms with Crippen LogP contribution in [0.1, 0.15) is 12.8 Å². The lowest BCUT2D eigenvalue weighted by Gasteiger charge is -2.22. The van der Waals surface area contributed by atoms with Crippen molar-refractivity contribution in [2.24, 2.45) is 0 Å². The van der Waals surface area contributed by atoms with Crippen molar-refractivity contribution in [2.75, 3.05) is 32.1 Å². The second-order valence-corrected chi connectivity index (χ2v) is 4.91. The van der Waals surface area contributed by atoms with Gasteiger partial charge in [0.1, 0.15) is 6.10 Å². The van der Waals surface area contributed by atoms with Crippen molar-refractivity contribution in [2.45, 2.75) is 18.9 Å². The quantitative estimate of drug-likeness (QED) is 0.845. The molecular weight excluding hydrogens is 210 g/mol. The SMILES string of the molecule is CN(C)c1ncc(OC2CCCNC2)s1. The maximum Gasteiger partial charge on any atom is 0.196 e. The smallest absolute Gasteiger partial charge is 0.196 e. The summed E-state index contributed by atoms with van der Waals surface area (Å²) in [5.74, 6) is 0. The fraction of sp³-hybridized carbons (Fsp3) is 0.700. The van der Waals surface area contributed by atoms with E-state index in [0.717, 1.165) is 29.7 Å². The van der Waals surface area contributed by atoms with Crippen LogP contribution in [0, 0.1) is 0 Å². The first kappa shape index (κ1) is 10.7. The van der Waals surface area contributed by atoms with Crippen LogP contribution in [-0.4, -0.2) is 38.3 Å². The molecule has 0 spiro atoms. The molecule has 1 aromatic heterocycles. The summed E-state index contributed by atoms with van der Waals surface area (Å²) in [6.45, 7) is 2.07. The molecule has 1 unspecified atom stereocenters. The van der Waals surface area contributed by atoms with E-state index in [0.29, 0.717) is 6.10 Å². The molecule has 1 aromatic rings. The van der Waals surface area contributed by atoms with E-state index in [1.807, 2.05) is 25.2 Å². The molecule has 1 atom stereocenters. The Morgan fingerprint density at radius 1 is 1.60 bits per heavy atom. The maximum atomic E-state index is 5.85. The van der Waals surface area contributed by atoms with Gasteiger partial charge in [0, 0.05) is 20.6 Å². The molecule has 1 aliphatic rings. The number of hydrogen-bond acceptors (Lipinski definition) is 5. The molecule has 2 rings (SSSR count). The third-order valence-electron chi connectivity index (χ3n) is 2.39. The highest BCUT2D eigenvalue weighted by molar-refractivity contribution is 7.17. The van der Waals surface area contributed by atoms with E-state index in [9.17, 15) is 0 Å². The van der Waals surface area contributed by atoms with Gasteiger partial charge >= 0.3 is 0 Å². The van der Waals surface area contributed by atoms with Crippen molar-refractivity contribution in [3.63, 3.8) is 0 Å². The van der Waals surface area contributed by atoms with E-state index < -0.39 is 0 Å². The van der Waals surface area contributed by atoms with Gasteiger partial charge in [0.2, 0.25) is 0 Å². The molecule has 2 heterocycles. The Bertz CT molecular complexity index is 307. The first-order valence-corrected chi connectivity index (χ1v) is 6.08. The predicted molar refractivity (Wildman–Crippen MR) is 63.0 cm³/mol. The minimum Gasteiger partial charge on any atom is -0.478 e. The molecule has 0 saturated carbocycles. The van der Waals surface area contributed by atoms with Crippen LogP contribution in [0.3, 0.4) is 0 Å². The molecule has 84 valence electrons. The van der Waals surface area contributed by atoms with E-state index in [4.69, 9.17) is 4.74 Å². The van der Waals surface area contributed by atoms with Crippen molar-refractivity contribution in [3.8, 4) is 5.06 Å². The van der Waals surface area contributed by atoms with Gasteiger partial charge in [0.15, 0.2) is 10.2 Å². The Labute approximate surface area is 94.3 Å². The highest BCUT2D eigenvalue weighted by Gasteiger charge is 2.15. The van der Waals surface area contributed by atoms with Crippen molar-refractivity contribution >= 4 is 16.5 Å². The summed E-state index contributed by atoms with van der Waals surface area (Å²) in [5.41, 5.74) is 0. The van der Waals surface area contributed by atoms with Gasteiger partial charge in [0.25, 0.3) is 0 Å². The van der Waals surface area contributed by atoms with E-state index in [1.54, 1.807) is 11.3 Å². The number of thiazole rings is 1. The molecule has 1 fully saturated rings. The normalized spacial score (nSPS) is 21.3. The monoisotopic (exact) mass is 227 g/mol. The third-order valence-corrected chi connectivity index (χ3v) is 3.45. The van der Waals surface area contributed by atoms with Crippen LogP contribution in [0.25, 0.3) is 0 Å². The summed E-state index contributed by atoms with van der Waals surface area (Å²) < 4.78 is 5.85. The molecule has 4 nitrogen and oxygen atoms in total. The topological polar surface area (TPSA) is 37.4 Å². The molecular formula is C10H17N3OS. The van der Waals surface area contributed by atoms with Gasteiger partial charge in [-0.25, -0.2) is 4.98 Å². The molecule has 5 heteroatoms. The van der Waals surface area contributed by atoms with Crippen LogP contribution >= 0.6 is 11.3 Å². The van der Waals surface area contributed by atoms with Gasteiger partial charge in [-0.2, -0.15) is 0 Å². The Balaban J connectivity index is 1.91. The molecule has 0 bridgehead atoms. The number of anilines is 1. The first-order valence-electron chi connectivity index (χ1n) is 5.26. The largest absolute Gasteiger partial charge is 0.478 e. The lowest BCUT2D eigenvalue weighted by Crippen LogP contribution is -2.36. The van der Waals surface area contributed by atoms with Gasteiger partial charge in [-0.3, -0.25) is 0 Å². The summed E-state index contributed by atoms with van der Waals surface area (Å²) in [4.78, 5) is 6.28. The molecule has 15 heavy (non-hydrogen) atoms. The number of rotatable bonds is 3. The number of aromatic nitrogens is 1. The number of hydrogen-bond donors (Lipinski definition) is 1. The minimum absolute atomic E-state index is 0.314. The van der Waals surface area contributed by atoms with E-state index in [1.165, 1.54) is 6.42 Å². The van der Waals surface area contributed by atoms with Crippen LogP contribution in [0.2, 0.25) is 0 Å². The summed E-state index contributed by atoms with van der Waals surface area (Å²) >= 11 is 1.60. The number of nitrogens with zero attached hydrogens (tertiary/aromatic N) is 2. The lowest BCUT2D eigenvalue weighted by molar-refractivity contribution is 0.172. The van der Waals surface area contributed by atoms with Crippen molar-refractivity contribution in [1.82, 2.24) is 10.3 Å². The molecule has 0 amide bonds. The van der Waals surface area contributed by atoms with Crippen LogP contribution in [0.5, 0.6) is 5.06 Å². The fourth-order valence-electron chi connectivity index (χ4n) is 1.60. The number of piperidine rings is 1. The van der Waals surface area contributed by atoms with Crippen LogP contribution in [0.15, 0.2) is 6.20 Å². The van der Waals surface area contributed by atoms with Crippen molar-refractivity contribution in [3.05, 3.63) is 6.20 Å². The average molecular weight is 227 g/mol. The Morgan fingerprint density at radius 3 is 3.07 bits per heavy atom. The zero-order valence-electron chi connectivity index (χ0n) is 9.19. The molecule has 0 radical (unpaired) electrons. The molecule has 1 N–H and O–H groups in total. The van der Waals surface area contributed by atoms with Crippen molar-refractivity contribution in [1.29, 1.82) is 0 Å². The van der Waals surface area contributed by atoms with Crippen LogP contribution in [0.4, 0.5) is 5.13 Å². The second kappa shape index (κ2) is 4.81. The van der Waals surface area contributed by atoms with Gasteiger partial charge in [-0.1, -0.05) is 11.3 Å². The molecule has 1 aliphatic heterocycles. The summed E-state index contributed by atoms with van der Waals surface area (Å²) in [6, 6.07) is 0. The Hall–Kier alpha value is -0.810. The molecule has 1 saturated heterocycles. The highest BCUT2D eigenvalue weighted by atomic mass is 32.1. The predicted octanol–water partition coefficient (Wildman–Crippen LogP) is 1.34. The first-order chi connectivity index (χ1) is 7.25. The van der Waals surface area contributed by atoms with E-state index >= 15 is 0 Å². The summed E-state index contributed by atoms with van der Waals surface area (Å²) in [7, 11) is 3.98. The summed E-state index contributed by atoms with van der Waals surface area (Å²) in [6.07, 6.45) is 4.47. The van der Waals surface area contributed by atoms with Gasteiger partial charge in [-0.15, -0.1) is 0 Å². The van der Waals surface area contributed by atoms with Crippen LogP contribution < -0.4 is 15.0 Å².